The molecular weight excluding hydrogens is 486 g/mol. The third kappa shape index (κ3) is 7.13. The van der Waals surface area contributed by atoms with E-state index in [1.54, 1.807) is 10.00 Å². The van der Waals surface area contributed by atoms with E-state index in [0.29, 0.717) is 31.8 Å². The Morgan fingerprint density at radius 3 is 2.31 bits per heavy atom. The molecule has 0 aromatic carbocycles. The molecule has 35 heavy (non-hydrogen) atoms. The second-order valence-corrected chi connectivity index (χ2v) is 7.76. The van der Waals surface area contributed by atoms with E-state index in [2.05, 4.69) is 20.4 Å². The monoisotopic (exact) mass is 508 g/mol. The van der Waals surface area contributed by atoms with Crippen molar-refractivity contribution < 1.29 is 35.9 Å². The minimum Gasteiger partial charge on any atom is -0.381 e. The molecule has 2 N–H and O–H groups in total. The normalized spacial score (nSPS) is 15.3. The second kappa shape index (κ2) is 11.0. The van der Waals surface area contributed by atoms with Gasteiger partial charge in [-0.05, 0) is 12.8 Å². The molecular formula is C20H22F6N6O3. The molecule has 0 aliphatic carbocycles. The van der Waals surface area contributed by atoms with Gasteiger partial charge in [-0.3, -0.25) is 9.59 Å². The Bertz CT molecular complexity index is 1050. The molecule has 0 unspecified atom stereocenters. The van der Waals surface area contributed by atoms with Crippen molar-refractivity contribution in [2.75, 3.05) is 38.2 Å². The van der Waals surface area contributed by atoms with Crippen molar-refractivity contribution in [3.63, 3.8) is 0 Å². The maximum absolute atomic E-state index is 13.0. The van der Waals surface area contributed by atoms with Crippen molar-refractivity contribution in [3.8, 4) is 0 Å². The lowest BCUT2D eigenvalue weighted by Gasteiger charge is -2.31. The number of carbonyl (C=O) groups is 1. The number of nitrogens with zero attached hydrogens (tertiary/aromatic N) is 4. The number of aromatic amines is 1. The third-order valence-electron chi connectivity index (χ3n) is 5.37. The van der Waals surface area contributed by atoms with E-state index in [0.717, 1.165) is 18.6 Å². The molecule has 0 bridgehead atoms. The number of halogens is 6. The summed E-state index contributed by atoms with van der Waals surface area (Å²) in [5.74, 6) is -0.0157. The molecule has 0 radical (unpaired) electrons. The van der Waals surface area contributed by atoms with Gasteiger partial charge >= 0.3 is 12.4 Å². The number of likely N-dealkylation sites (tertiary alicyclic amines) is 1. The molecule has 1 aliphatic rings. The first kappa shape index (κ1) is 26.4. The number of alkyl halides is 6. The third-order valence-corrected chi connectivity index (χ3v) is 5.37. The average Bonchev–Trinajstić information content (AvgIpc) is 2.80. The van der Waals surface area contributed by atoms with E-state index in [-0.39, 0.29) is 38.0 Å². The number of hydrogen-bond donors (Lipinski definition) is 2. The summed E-state index contributed by atoms with van der Waals surface area (Å²) < 4.78 is 82.1. The summed E-state index contributed by atoms with van der Waals surface area (Å²) in [6.45, 7) is 0.782. The van der Waals surface area contributed by atoms with Crippen LogP contribution in [-0.4, -0.2) is 63.8 Å². The van der Waals surface area contributed by atoms with Crippen LogP contribution in [-0.2, 0) is 21.9 Å². The molecule has 2 aromatic rings. The zero-order valence-corrected chi connectivity index (χ0v) is 18.2. The zero-order valence-electron chi connectivity index (χ0n) is 18.2. The highest BCUT2D eigenvalue weighted by atomic mass is 19.4. The number of piperidine rings is 1. The fourth-order valence-electron chi connectivity index (χ4n) is 3.57. The van der Waals surface area contributed by atoms with Crippen LogP contribution >= 0.6 is 0 Å². The topological polar surface area (TPSA) is 113 Å². The van der Waals surface area contributed by atoms with Crippen LogP contribution in [0, 0.1) is 0 Å². The number of amides is 1. The van der Waals surface area contributed by atoms with Crippen LogP contribution in [0.5, 0.6) is 0 Å². The van der Waals surface area contributed by atoms with Gasteiger partial charge in [0.25, 0.3) is 5.56 Å². The van der Waals surface area contributed by atoms with Crippen LogP contribution in [0.15, 0.2) is 23.4 Å². The van der Waals surface area contributed by atoms with Gasteiger partial charge in [-0.15, -0.1) is 0 Å². The Balaban J connectivity index is 1.36. The molecule has 1 amide bonds. The summed E-state index contributed by atoms with van der Waals surface area (Å²) in [6, 6.07) is 0. The maximum Gasteiger partial charge on any atom is 0.423 e. The molecule has 3 heterocycles. The Morgan fingerprint density at radius 1 is 1.06 bits per heavy atom. The predicted molar refractivity (Wildman–Crippen MR) is 109 cm³/mol. The molecule has 3 rings (SSSR count). The quantitative estimate of drug-likeness (QED) is 0.417. The van der Waals surface area contributed by atoms with Gasteiger partial charge in [0.1, 0.15) is 11.4 Å². The van der Waals surface area contributed by atoms with E-state index < -0.39 is 34.7 Å². The maximum atomic E-state index is 13.0. The lowest BCUT2D eigenvalue weighted by Crippen LogP contribution is -2.38. The average molecular weight is 508 g/mol. The van der Waals surface area contributed by atoms with Gasteiger partial charge < -0.3 is 15.0 Å². The zero-order chi connectivity index (χ0) is 25.6. The number of nitrogens with one attached hydrogen (secondary N) is 2. The second-order valence-electron chi connectivity index (χ2n) is 7.76. The van der Waals surface area contributed by atoms with Crippen molar-refractivity contribution >= 4 is 11.6 Å². The molecule has 0 saturated carbocycles. The van der Waals surface area contributed by atoms with Crippen LogP contribution in [0.1, 0.15) is 42.1 Å². The highest BCUT2D eigenvalue weighted by Gasteiger charge is 2.37. The number of rotatable bonds is 8. The summed E-state index contributed by atoms with van der Waals surface area (Å²) >= 11 is 0. The van der Waals surface area contributed by atoms with Crippen LogP contribution in [0.4, 0.5) is 32.0 Å². The van der Waals surface area contributed by atoms with Gasteiger partial charge in [0.2, 0.25) is 5.91 Å². The molecule has 1 aliphatic heterocycles. The molecule has 9 nitrogen and oxygen atoms in total. The number of hydrogen-bond acceptors (Lipinski definition) is 7. The number of anilines is 1. The number of H-pyrrole nitrogens is 1. The Morgan fingerprint density at radius 2 is 1.71 bits per heavy atom. The van der Waals surface area contributed by atoms with Crippen molar-refractivity contribution in [1.29, 1.82) is 0 Å². The minimum absolute atomic E-state index is 0.00922. The van der Waals surface area contributed by atoms with Gasteiger partial charge in [-0.2, -0.15) is 31.4 Å². The molecule has 1 saturated heterocycles. The van der Waals surface area contributed by atoms with Crippen molar-refractivity contribution in [2.24, 2.45) is 0 Å². The fraction of sp³-hybridized carbons (Fsp3) is 0.550. The largest absolute Gasteiger partial charge is 0.423 e. The number of carbonyl (C=O) groups excluding carboxylic acids is 1. The van der Waals surface area contributed by atoms with Gasteiger partial charge in [0, 0.05) is 37.9 Å². The van der Waals surface area contributed by atoms with Gasteiger partial charge in [0.05, 0.1) is 37.1 Å². The number of aromatic nitrogens is 4. The first-order chi connectivity index (χ1) is 16.5. The fourth-order valence-corrected chi connectivity index (χ4v) is 3.57. The van der Waals surface area contributed by atoms with Crippen molar-refractivity contribution in [1.82, 2.24) is 25.1 Å². The predicted octanol–water partition coefficient (Wildman–Crippen LogP) is 2.82. The molecule has 1 fully saturated rings. The minimum atomic E-state index is -4.85. The lowest BCUT2D eigenvalue weighted by atomic mass is 9.95. The number of ether oxygens (including phenoxy) is 1. The first-order valence-electron chi connectivity index (χ1n) is 10.6. The van der Waals surface area contributed by atoms with Crippen LogP contribution in [0.3, 0.4) is 0 Å². The Hall–Kier alpha value is -3.23. The smallest absolute Gasteiger partial charge is 0.381 e. The van der Waals surface area contributed by atoms with Gasteiger partial charge in [0.15, 0.2) is 0 Å². The molecule has 0 spiro atoms. The molecule has 192 valence electrons. The van der Waals surface area contributed by atoms with E-state index in [1.165, 1.54) is 0 Å². The standard InChI is InChI=1S/C20H22F6N6O3/c21-19(22,23)13-9-28-17(29-10-13)12-1-5-32(6-2-12)15(33)3-7-35-8-4-27-14-11-30-31-18(34)16(14)20(24,25)26/h9-12H,1-8H2,(H2,27,31,34). The highest BCUT2D eigenvalue weighted by molar-refractivity contribution is 5.76. The van der Waals surface area contributed by atoms with E-state index in [4.69, 9.17) is 4.74 Å². The molecule has 2 aromatic heterocycles. The van der Waals surface area contributed by atoms with Crippen molar-refractivity contribution in [3.05, 3.63) is 45.9 Å². The van der Waals surface area contributed by atoms with E-state index in [9.17, 15) is 35.9 Å². The Labute approximate surface area is 194 Å². The first-order valence-corrected chi connectivity index (χ1v) is 10.6. The lowest BCUT2D eigenvalue weighted by molar-refractivity contribution is -0.139. The van der Waals surface area contributed by atoms with Crippen molar-refractivity contribution in [2.45, 2.75) is 37.5 Å². The highest BCUT2D eigenvalue weighted by Crippen LogP contribution is 2.32. The summed E-state index contributed by atoms with van der Waals surface area (Å²) in [4.78, 5) is 33.0. The summed E-state index contributed by atoms with van der Waals surface area (Å²) in [5, 5.41) is 7.52. The van der Waals surface area contributed by atoms with Crippen LogP contribution < -0.4 is 10.9 Å². The summed E-state index contributed by atoms with van der Waals surface area (Å²) in [7, 11) is 0. The summed E-state index contributed by atoms with van der Waals surface area (Å²) in [6.07, 6.45) is -5.92. The molecule has 15 heteroatoms. The van der Waals surface area contributed by atoms with Crippen LogP contribution in [0.2, 0.25) is 0 Å². The molecule has 0 atom stereocenters. The van der Waals surface area contributed by atoms with Gasteiger partial charge in [-0.25, -0.2) is 15.1 Å². The van der Waals surface area contributed by atoms with Crippen LogP contribution in [0.25, 0.3) is 0 Å². The Kier molecular flexibility index (Phi) is 8.30. The van der Waals surface area contributed by atoms with Gasteiger partial charge in [-0.1, -0.05) is 0 Å². The van der Waals surface area contributed by atoms with E-state index >= 15 is 0 Å². The summed E-state index contributed by atoms with van der Waals surface area (Å²) in [5.41, 5.74) is -4.13. The van der Waals surface area contributed by atoms with E-state index in [1.807, 2.05) is 0 Å². The SMILES string of the molecule is O=C(CCOCCNc1cn[nH]c(=O)c1C(F)(F)F)N1CCC(c2ncc(C(F)(F)F)cn2)CC1.